The van der Waals surface area contributed by atoms with E-state index in [1.807, 2.05) is 0 Å². The molecule has 1 aromatic carbocycles. The zero-order valence-corrected chi connectivity index (χ0v) is 19.8. The zero-order chi connectivity index (χ0) is 20.7. The summed E-state index contributed by atoms with van der Waals surface area (Å²) in [5.74, 6) is 2.98. The number of rotatable bonds is 4. The first kappa shape index (κ1) is 20.0. The van der Waals surface area contributed by atoms with E-state index in [9.17, 15) is 0 Å². The van der Waals surface area contributed by atoms with Gasteiger partial charge in [-0.3, -0.25) is 0 Å². The Bertz CT molecular complexity index is 749. The SMILES string of the molecule is COC1(c2ccc(O[Si](C)(C)C(C)(C)C)cc2)OOC12C1CC3CC(C1)CC2C3. The Balaban J connectivity index is 1.44. The van der Waals surface area contributed by atoms with E-state index in [-0.39, 0.29) is 10.6 Å². The van der Waals surface area contributed by atoms with Gasteiger partial charge in [-0.15, -0.1) is 0 Å². The number of ether oxygens (including phenoxy) is 1. The van der Waals surface area contributed by atoms with Crippen LogP contribution in [0, 0.1) is 23.7 Å². The summed E-state index contributed by atoms with van der Waals surface area (Å²) in [4.78, 5) is 11.9. The maximum Gasteiger partial charge on any atom is 0.260 e. The highest BCUT2D eigenvalue weighted by Gasteiger charge is 2.76. The predicted octanol–water partition coefficient (Wildman–Crippen LogP) is 6.03. The zero-order valence-electron chi connectivity index (χ0n) is 18.8. The summed E-state index contributed by atoms with van der Waals surface area (Å²) in [5.41, 5.74) is 0.734. The summed E-state index contributed by atoms with van der Waals surface area (Å²) in [6.45, 7) is 11.4. The molecule has 5 heteroatoms. The third-order valence-electron chi connectivity index (χ3n) is 8.86. The summed E-state index contributed by atoms with van der Waals surface area (Å²) in [6.07, 6.45) is 6.45. The van der Waals surface area contributed by atoms with Gasteiger partial charge in [0.05, 0.1) is 0 Å². The lowest BCUT2D eigenvalue weighted by Gasteiger charge is -2.68. The van der Waals surface area contributed by atoms with E-state index in [4.69, 9.17) is 18.9 Å². The van der Waals surface area contributed by atoms with E-state index in [0.717, 1.165) is 23.1 Å². The number of benzene rings is 1. The molecule has 5 aliphatic rings. The lowest BCUT2D eigenvalue weighted by atomic mass is 9.47. The quantitative estimate of drug-likeness (QED) is 0.444. The lowest BCUT2D eigenvalue weighted by molar-refractivity contribution is -0.645. The average molecular weight is 417 g/mol. The van der Waals surface area contributed by atoms with Gasteiger partial charge in [0.2, 0.25) is 8.32 Å². The summed E-state index contributed by atoms with van der Waals surface area (Å²) in [6, 6.07) is 8.42. The third-order valence-corrected chi connectivity index (χ3v) is 13.2. The molecule has 4 bridgehead atoms. The fourth-order valence-corrected chi connectivity index (χ4v) is 7.58. The van der Waals surface area contributed by atoms with Crippen LogP contribution < -0.4 is 4.43 Å². The fraction of sp³-hybridized carbons (Fsp3) is 0.750. The highest BCUT2D eigenvalue weighted by atomic mass is 28.4. The molecule has 29 heavy (non-hydrogen) atoms. The van der Waals surface area contributed by atoms with E-state index in [1.165, 1.54) is 32.1 Å². The average Bonchev–Trinajstić information content (AvgIpc) is 2.61. The standard InChI is InChI=1S/C24H36O4Si/c1-22(2,3)29(5,6)26-21-9-7-18(8-10-21)24(25-4)23(27-28-24)19-12-16-11-17(14-19)15-20(23)13-16/h7-10,16-17,19-20H,11-15H2,1-6H3. The molecule has 160 valence electrons. The molecule has 1 aromatic rings. The van der Waals surface area contributed by atoms with Gasteiger partial charge in [0, 0.05) is 12.7 Å². The monoisotopic (exact) mass is 416 g/mol. The van der Waals surface area contributed by atoms with Crippen molar-refractivity contribution in [2.75, 3.05) is 7.11 Å². The van der Waals surface area contributed by atoms with Crippen molar-refractivity contribution in [1.29, 1.82) is 0 Å². The maximum absolute atomic E-state index is 6.48. The third kappa shape index (κ3) is 2.67. The molecule has 1 spiro atoms. The van der Waals surface area contributed by atoms with Crippen molar-refractivity contribution in [1.82, 2.24) is 0 Å². The van der Waals surface area contributed by atoms with Crippen molar-refractivity contribution in [3.05, 3.63) is 29.8 Å². The van der Waals surface area contributed by atoms with Crippen molar-refractivity contribution in [2.45, 2.75) is 82.4 Å². The molecule has 0 amide bonds. The number of hydrogen-bond acceptors (Lipinski definition) is 4. The fourth-order valence-electron chi connectivity index (χ4n) is 6.55. The first-order valence-electron chi connectivity index (χ1n) is 11.3. The Hall–Kier alpha value is -0.883. The van der Waals surface area contributed by atoms with Gasteiger partial charge < -0.3 is 9.16 Å². The molecule has 0 aromatic heterocycles. The highest BCUT2D eigenvalue weighted by Crippen LogP contribution is 2.69. The van der Waals surface area contributed by atoms with Gasteiger partial charge in [0.25, 0.3) is 5.79 Å². The first-order valence-corrected chi connectivity index (χ1v) is 14.2. The molecule has 4 aliphatic carbocycles. The van der Waals surface area contributed by atoms with Gasteiger partial charge in [0.15, 0.2) is 5.60 Å². The minimum atomic E-state index is -1.86. The van der Waals surface area contributed by atoms with Gasteiger partial charge in [-0.1, -0.05) is 20.8 Å². The minimum Gasteiger partial charge on any atom is -0.544 e. The molecule has 0 radical (unpaired) electrons. The molecule has 5 fully saturated rings. The second-order valence-corrected chi connectivity index (χ2v) is 16.2. The summed E-state index contributed by atoms with van der Waals surface area (Å²) in [7, 11) is -0.0859. The molecular weight excluding hydrogens is 380 g/mol. The van der Waals surface area contributed by atoms with Crippen molar-refractivity contribution in [2.24, 2.45) is 23.7 Å². The Morgan fingerprint density at radius 1 is 0.897 bits per heavy atom. The Kier molecular flexibility index (Phi) is 4.37. The van der Waals surface area contributed by atoms with Gasteiger partial charge in [-0.05, 0) is 98.2 Å². The van der Waals surface area contributed by atoms with Gasteiger partial charge in [-0.2, -0.15) is 4.89 Å². The number of methoxy groups -OCH3 is 1. The predicted molar refractivity (Wildman–Crippen MR) is 115 cm³/mol. The second-order valence-electron chi connectivity index (χ2n) is 11.5. The Morgan fingerprint density at radius 3 is 1.86 bits per heavy atom. The molecule has 1 unspecified atom stereocenters. The smallest absolute Gasteiger partial charge is 0.260 e. The van der Waals surface area contributed by atoms with Crippen LogP contribution in [-0.2, 0) is 20.3 Å². The van der Waals surface area contributed by atoms with E-state index in [0.29, 0.717) is 11.8 Å². The number of hydrogen-bond donors (Lipinski definition) is 0. The molecular formula is C24H36O4Si. The van der Waals surface area contributed by atoms with Gasteiger partial charge in [0.1, 0.15) is 5.75 Å². The van der Waals surface area contributed by atoms with Crippen molar-refractivity contribution in [3.8, 4) is 5.75 Å². The van der Waals surface area contributed by atoms with Crippen LogP contribution in [0.5, 0.6) is 5.75 Å². The molecule has 4 nitrogen and oxygen atoms in total. The van der Waals surface area contributed by atoms with Crippen LogP contribution in [0.15, 0.2) is 24.3 Å². The molecule has 4 saturated carbocycles. The maximum atomic E-state index is 6.48. The van der Waals surface area contributed by atoms with Crippen molar-refractivity contribution < 1.29 is 18.9 Å². The van der Waals surface area contributed by atoms with Crippen LogP contribution in [0.25, 0.3) is 0 Å². The second kappa shape index (κ2) is 6.32. The van der Waals surface area contributed by atoms with Gasteiger partial charge in [-0.25, -0.2) is 4.89 Å². The van der Waals surface area contributed by atoms with E-state index < -0.39 is 14.1 Å². The Morgan fingerprint density at radius 2 is 1.45 bits per heavy atom. The van der Waals surface area contributed by atoms with Crippen LogP contribution in [0.4, 0.5) is 0 Å². The molecule has 1 saturated heterocycles. The Labute approximate surface area is 176 Å². The molecule has 0 N–H and O–H groups in total. The van der Waals surface area contributed by atoms with Crippen LogP contribution in [0.1, 0.15) is 58.4 Å². The molecule has 1 atom stereocenters. The lowest BCUT2D eigenvalue weighted by Crippen LogP contribution is -2.76. The van der Waals surface area contributed by atoms with Crippen LogP contribution >= 0.6 is 0 Å². The summed E-state index contributed by atoms with van der Waals surface area (Å²) < 4.78 is 12.6. The van der Waals surface area contributed by atoms with Crippen LogP contribution in [-0.4, -0.2) is 21.0 Å². The normalized spacial score (nSPS) is 40.9. The van der Waals surface area contributed by atoms with E-state index >= 15 is 0 Å². The van der Waals surface area contributed by atoms with E-state index in [2.05, 4.69) is 58.1 Å². The highest BCUT2D eigenvalue weighted by molar-refractivity contribution is 6.74. The van der Waals surface area contributed by atoms with Gasteiger partial charge >= 0.3 is 0 Å². The largest absolute Gasteiger partial charge is 0.544 e. The summed E-state index contributed by atoms with van der Waals surface area (Å²) in [5, 5.41) is 0.175. The van der Waals surface area contributed by atoms with E-state index in [1.54, 1.807) is 7.11 Å². The molecule has 1 heterocycles. The van der Waals surface area contributed by atoms with Crippen LogP contribution in [0.3, 0.4) is 0 Å². The van der Waals surface area contributed by atoms with Crippen molar-refractivity contribution >= 4 is 8.32 Å². The minimum absolute atomic E-state index is 0.175. The first-order chi connectivity index (χ1) is 13.6. The topological polar surface area (TPSA) is 36.9 Å². The van der Waals surface area contributed by atoms with Crippen molar-refractivity contribution in [3.63, 3.8) is 0 Å². The van der Waals surface area contributed by atoms with Crippen LogP contribution in [0.2, 0.25) is 18.1 Å². The molecule has 6 rings (SSSR count). The molecule has 1 aliphatic heterocycles. The summed E-state index contributed by atoms with van der Waals surface area (Å²) >= 11 is 0.